The normalized spacial score (nSPS) is 14.9. The predicted molar refractivity (Wildman–Crippen MR) is 74.2 cm³/mol. The minimum absolute atomic E-state index is 0.236. The maximum atomic E-state index is 11.8. The fourth-order valence-corrected chi connectivity index (χ4v) is 3.36. The Morgan fingerprint density at radius 2 is 2.05 bits per heavy atom. The molecule has 0 spiro atoms. The number of hydrogen-bond acceptors (Lipinski definition) is 5. The standard InChI is InChI=1S/C14H16O5S/c1-3-19-13(15)7-5-10-4-6-12-11(14(10)18-2)8-9-20(12,16)17/h4,6,8-9H,3,5,7H2,1-2H3. The maximum Gasteiger partial charge on any atom is 0.306 e. The number of fused-ring (bicyclic) bond motifs is 1. The molecule has 20 heavy (non-hydrogen) atoms. The van der Waals surface area contributed by atoms with Crippen molar-refractivity contribution in [3.05, 3.63) is 28.7 Å². The van der Waals surface area contributed by atoms with Crippen LogP contribution < -0.4 is 4.74 Å². The van der Waals surface area contributed by atoms with Gasteiger partial charge in [0.25, 0.3) is 0 Å². The van der Waals surface area contributed by atoms with E-state index in [1.54, 1.807) is 19.1 Å². The molecule has 0 fully saturated rings. The van der Waals surface area contributed by atoms with Gasteiger partial charge >= 0.3 is 5.97 Å². The highest BCUT2D eigenvalue weighted by atomic mass is 32.2. The Kier molecular flexibility index (Phi) is 4.13. The van der Waals surface area contributed by atoms with Crippen LogP contribution in [0.4, 0.5) is 0 Å². The summed E-state index contributed by atoms with van der Waals surface area (Å²) in [5.74, 6) is 0.224. The Morgan fingerprint density at radius 1 is 1.30 bits per heavy atom. The van der Waals surface area contributed by atoms with E-state index in [4.69, 9.17) is 9.47 Å². The molecule has 1 aliphatic rings. The van der Waals surface area contributed by atoms with E-state index in [9.17, 15) is 13.2 Å². The minimum atomic E-state index is -3.35. The summed E-state index contributed by atoms with van der Waals surface area (Å²) in [6.45, 7) is 2.10. The highest BCUT2D eigenvalue weighted by Crippen LogP contribution is 2.36. The van der Waals surface area contributed by atoms with E-state index in [2.05, 4.69) is 0 Å². The van der Waals surface area contributed by atoms with Gasteiger partial charge in [-0.1, -0.05) is 6.07 Å². The molecule has 1 aromatic carbocycles. The number of carbonyl (C=O) groups is 1. The lowest BCUT2D eigenvalue weighted by Gasteiger charge is -2.12. The third-order valence-electron chi connectivity index (χ3n) is 3.07. The van der Waals surface area contributed by atoms with Gasteiger partial charge in [0, 0.05) is 17.4 Å². The van der Waals surface area contributed by atoms with Crippen LogP contribution in [0, 0.1) is 0 Å². The molecule has 0 amide bonds. The maximum absolute atomic E-state index is 11.8. The second-order valence-corrected chi connectivity index (χ2v) is 6.12. The number of methoxy groups -OCH3 is 1. The van der Waals surface area contributed by atoms with Crippen LogP contribution in [0.2, 0.25) is 0 Å². The highest BCUT2D eigenvalue weighted by Gasteiger charge is 2.25. The largest absolute Gasteiger partial charge is 0.496 e. The van der Waals surface area contributed by atoms with Crippen LogP contribution in [0.3, 0.4) is 0 Å². The topological polar surface area (TPSA) is 69.7 Å². The Labute approximate surface area is 118 Å². The molecular weight excluding hydrogens is 280 g/mol. The first-order valence-corrected chi connectivity index (χ1v) is 7.83. The number of aryl methyl sites for hydroxylation is 1. The smallest absolute Gasteiger partial charge is 0.306 e. The Hall–Kier alpha value is -1.82. The molecule has 0 atom stereocenters. The molecule has 1 aliphatic heterocycles. The minimum Gasteiger partial charge on any atom is -0.496 e. The number of rotatable bonds is 5. The van der Waals surface area contributed by atoms with Crippen molar-refractivity contribution in [2.75, 3.05) is 13.7 Å². The lowest BCUT2D eigenvalue weighted by atomic mass is 10.0. The Balaban J connectivity index is 2.29. The molecule has 0 bridgehead atoms. The third-order valence-corrected chi connectivity index (χ3v) is 4.53. The van der Waals surface area contributed by atoms with Crippen LogP contribution in [0.15, 0.2) is 22.4 Å². The van der Waals surface area contributed by atoms with Crippen molar-refractivity contribution < 1.29 is 22.7 Å². The summed E-state index contributed by atoms with van der Waals surface area (Å²) in [5, 5.41) is 1.16. The first-order valence-electron chi connectivity index (χ1n) is 6.28. The monoisotopic (exact) mass is 296 g/mol. The summed E-state index contributed by atoms with van der Waals surface area (Å²) < 4.78 is 33.7. The molecule has 5 nitrogen and oxygen atoms in total. The van der Waals surface area contributed by atoms with Gasteiger partial charge in [0.1, 0.15) is 5.75 Å². The summed E-state index contributed by atoms with van der Waals surface area (Å²) >= 11 is 0. The molecule has 0 saturated heterocycles. The van der Waals surface area contributed by atoms with Gasteiger partial charge in [-0.2, -0.15) is 0 Å². The van der Waals surface area contributed by atoms with Crippen LogP contribution in [-0.2, 0) is 25.8 Å². The second-order valence-electron chi connectivity index (χ2n) is 4.32. The molecule has 1 heterocycles. The lowest BCUT2D eigenvalue weighted by molar-refractivity contribution is -0.143. The number of benzene rings is 1. The van der Waals surface area contributed by atoms with Crippen LogP contribution in [0.25, 0.3) is 6.08 Å². The summed E-state index contributed by atoms with van der Waals surface area (Å²) in [5.41, 5.74) is 1.34. The zero-order valence-corrected chi connectivity index (χ0v) is 12.2. The van der Waals surface area contributed by atoms with Crippen molar-refractivity contribution in [2.45, 2.75) is 24.7 Å². The van der Waals surface area contributed by atoms with E-state index < -0.39 is 9.84 Å². The highest BCUT2D eigenvalue weighted by molar-refractivity contribution is 7.94. The number of hydrogen-bond donors (Lipinski definition) is 0. The van der Waals surface area contributed by atoms with E-state index >= 15 is 0 Å². The summed E-state index contributed by atoms with van der Waals surface area (Å²) in [6.07, 6.45) is 2.21. The van der Waals surface area contributed by atoms with Gasteiger partial charge < -0.3 is 9.47 Å². The second kappa shape index (κ2) is 5.66. The van der Waals surface area contributed by atoms with Crippen LogP contribution in [-0.4, -0.2) is 28.1 Å². The van der Waals surface area contributed by atoms with Gasteiger partial charge in [-0.3, -0.25) is 4.79 Å². The average molecular weight is 296 g/mol. The molecule has 0 aromatic heterocycles. The summed E-state index contributed by atoms with van der Waals surface area (Å²) in [4.78, 5) is 11.6. The van der Waals surface area contributed by atoms with E-state index in [0.29, 0.717) is 24.3 Å². The zero-order chi connectivity index (χ0) is 14.8. The molecule has 108 valence electrons. The molecule has 0 aliphatic carbocycles. The molecule has 0 unspecified atom stereocenters. The first-order chi connectivity index (χ1) is 9.49. The van der Waals surface area contributed by atoms with Gasteiger partial charge in [0.05, 0.1) is 18.6 Å². The van der Waals surface area contributed by atoms with Gasteiger partial charge in [-0.05, 0) is 31.1 Å². The van der Waals surface area contributed by atoms with Crippen LogP contribution in [0.1, 0.15) is 24.5 Å². The van der Waals surface area contributed by atoms with E-state index in [1.165, 1.54) is 13.2 Å². The third kappa shape index (κ3) is 2.70. The van der Waals surface area contributed by atoms with Crippen LogP contribution in [0.5, 0.6) is 5.75 Å². The predicted octanol–water partition coefficient (Wildman–Crippen LogP) is 1.95. The van der Waals surface area contributed by atoms with Gasteiger partial charge in [-0.25, -0.2) is 8.42 Å². The number of sulfone groups is 1. The fraction of sp³-hybridized carbons (Fsp3) is 0.357. The van der Waals surface area contributed by atoms with Gasteiger partial charge in [0.15, 0.2) is 0 Å². The van der Waals surface area contributed by atoms with E-state index in [1.807, 2.05) is 0 Å². The number of esters is 1. The van der Waals surface area contributed by atoms with E-state index in [-0.39, 0.29) is 17.3 Å². The zero-order valence-electron chi connectivity index (χ0n) is 11.4. The molecule has 1 aromatic rings. The lowest BCUT2D eigenvalue weighted by Crippen LogP contribution is -2.06. The summed E-state index contributed by atoms with van der Waals surface area (Å²) in [7, 11) is -1.86. The first kappa shape index (κ1) is 14.6. The Morgan fingerprint density at radius 3 is 2.70 bits per heavy atom. The van der Waals surface area contributed by atoms with Gasteiger partial charge in [0.2, 0.25) is 9.84 Å². The molecule has 6 heteroatoms. The van der Waals surface area contributed by atoms with Crippen molar-refractivity contribution in [3.8, 4) is 5.75 Å². The molecule has 0 saturated carbocycles. The molecule has 2 rings (SSSR count). The molecular formula is C14H16O5S. The Bertz CT molecular complexity index is 658. The van der Waals surface area contributed by atoms with Crippen molar-refractivity contribution in [2.24, 2.45) is 0 Å². The summed E-state index contributed by atoms with van der Waals surface area (Å²) in [6, 6.07) is 3.23. The van der Waals surface area contributed by atoms with Gasteiger partial charge in [-0.15, -0.1) is 0 Å². The number of carbonyl (C=O) groups excluding carboxylic acids is 1. The number of ether oxygens (including phenoxy) is 2. The fourth-order valence-electron chi connectivity index (χ4n) is 2.17. The molecule has 0 N–H and O–H groups in total. The van der Waals surface area contributed by atoms with Crippen LogP contribution >= 0.6 is 0 Å². The van der Waals surface area contributed by atoms with Crippen molar-refractivity contribution in [1.82, 2.24) is 0 Å². The quantitative estimate of drug-likeness (QED) is 0.777. The van der Waals surface area contributed by atoms with Crippen molar-refractivity contribution in [1.29, 1.82) is 0 Å². The average Bonchev–Trinajstić information content (AvgIpc) is 2.72. The van der Waals surface area contributed by atoms with Crippen molar-refractivity contribution >= 4 is 21.9 Å². The molecule has 0 radical (unpaired) electrons. The van der Waals surface area contributed by atoms with Crippen molar-refractivity contribution in [3.63, 3.8) is 0 Å². The van der Waals surface area contributed by atoms with E-state index in [0.717, 1.165) is 11.0 Å². The SMILES string of the molecule is CCOC(=O)CCc1ccc2c(c1OC)C=CS2(=O)=O.